The predicted octanol–water partition coefficient (Wildman–Crippen LogP) is 3.82. The van der Waals surface area contributed by atoms with Crippen molar-refractivity contribution in [3.63, 3.8) is 0 Å². The summed E-state index contributed by atoms with van der Waals surface area (Å²) in [5, 5.41) is 7.76. The first-order chi connectivity index (χ1) is 6.75. The van der Waals surface area contributed by atoms with Crippen LogP contribution < -0.4 is 0 Å². The lowest BCUT2D eigenvalue weighted by molar-refractivity contribution is -0.138. The van der Waals surface area contributed by atoms with Crippen molar-refractivity contribution in [2.75, 3.05) is 0 Å². The van der Waals surface area contributed by atoms with Crippen LogP contribution in [0.25, 0.3) is 0 Å². The van der Waals surface area contributed by atoms with Gasteiger partial charge in [-0.05, 0) is 12.1 Å². The van der Waals surface area contributed by atoms with Gasteiger partial charge in [-0.25, -0.2) is 4.79 Å². The highest BCUT2D eigenvalue weighted by Crippen LogP contribution is 2.41. The van der Waals surface area contributed by atoms with E-state index in [-0.39, 0.29) is 4.47 Å². The Morgan fingerprint density at radius 3 is 2.33 bits per heavy atom. The van der Waals surface area contributed by atoms with Gasteiger partial charge in [0.25, 0.3) is 0 Å². The standard InChI is InChI=1S/C8H3BrClF3O2/c9-4-2-1-3(7(14)15)6(10)5(4)8(11,12)13/h1-2H,(H,14,15). The number of carboxylic acid groups (broad SMARTS) is 1. The van der Waals surface area contributed by atoms with Crippen LogP contribution in [-0.4, -0.2) is 11.1 Å². The predicted molar refractivity (Wildman–Crippen MR) is 51.1 cm³/mol. The molecule has 0 unspecified atom stereocenters. The van der Waals surface area contributed by atoms with Crippen LogP contribution in [-0.2, 0) is 6.18 Å². The first kappa shape index (κ1) is 12.3. The molecule has 0 amide bonds. The SMILES string of the molecule is O=C(O)c1ccc(Br)c(C(F)(F)F)c1Cl. The Morgan fingerprint density at radius 1 is 1.40 bits per heavy atom. The number of aromatic carboxylic acids is 1. The number of hydrogen-bond acceptors (Lipinski definition) is 1. The molecule has 1 aromatic carbocycles. The van der Waals surface area contributed by atoms with Crippen LogP contribution in [0, 0.1) is 0 Å². The second-order valence-corrected chi connectivity index (χ2v) is 3.82. The largest absolute Gasteiger partial charge is 0.478 e. The molecule has 0 atom stereocenters. The van der Waals surface area contributed by atoms with Crippen molar-refractivity contribution in [3.8, 4) is 0 Å². The highest BCUT2D eigenvalue weighted by atomic mass is 79.9. The van der Waals surface area contributed by atoms with Crippen LogP contribution in [0.4, 0.5) is 13.2 Å². The van der Waals surface area contributed by atoms with Crippen LogP contribution in [0.2, 0.25) is 5.02 Å². The van der Waals surface area contributed by atoms with Gasteiger partial charge in [-0.2, -0.15) is 13.2 Å². The summed E-state index contributed by atoms with van der Waals surface area (Å²) in [5.41, 5.74) is -1.75. The van der Waals surface area contributed by atoms with E-state index in [9.17, 15) is 18.0 Å². The van der Waals surface area contributed by atoms with Crippen LogP contribution in [0.3, 0.4) is 0 Å². The summed E-state index contributed by atoms with van der Waals surface area (Å²) in [5.74, 6) is -1.50. The average Bonchev–Trinajstić information content (AvgIpc) is 2.00. The lowest BCUT2D eigenvalue weighted by Crippen LogP contribution is -2.10. The van der Waals surface area contributed by atoms with Crippen LogP contribution in [0.15, 0.2) is 16.6 Å². The third-order valence-corrected chi connectivity index (χ3v) is 2.66. The number of benzene rings is 1. The Morgan fingerprint density at radius 2 is 1.93 bits per heavy atom. The maximum Gasteiger partial charge on any atom is 0.418 e. The molecular formula is C8H3BrClF3O2. The molecular weight excluding hydrogens is 300 g/mol. The molecule has 15 heavy (non-hydrogen) atoms. The van der Waals surface area contributed by atoms with Gasteiger partial charge in [0, 0.05) is 4.47 Å². The van der Waals surface area contributed by atoms with E-state index in [0.717, 1.165) is 12.1 Å². The van der Waals surface area contributed by atoms with Gasteiger partial charge in [-0.3, -0.25) is 0 Å². The summed E-state index contributed by atoms with van der Waals surface area (Å²) in [6.45, 7) is 0. The normalized spacial score (nSPS) is 11.5. The molecule has 2 nitrogen and oxygen atoms in total. The Balaban J connectivity index is 3.51. The first-order valence-electron chi connectivity index (χ1n) is 3.53. The van der Waals surface area contributed by atoms with E-state index in [2.05, 4.69) is 15.9 Å². The van der Waals surface area contributed by atoms with E-state index >= 15 is 0 Å². The molecule has 0 bridgehead atoms. The van der Waals surface area contributed by atoms with Crippen LogP contribution in [0.1, 0.15) is 15.9 Å². The molecule has 7 heteroatoms. The van der Waals surface area contributed by atoms with Gasteiger partial charge in [0.1, 0.15) is 0 Å². The fourth-order valence-corrected chi connectivity index (χ4v) is 2.00. The zero-order valence-corrected chi connectivity index (χ0v) is 9.24. The molecule has 0 spiro atoms. The number of carbonyl (C=O) groups is 1. The Hall–Kier alpha value is -0.750. The number of rotatable bonds is 1. The van der Waals surface area contributed by atoms with Gasteiger partial charge < -0.3 is 5.11 Å². The summed E-state index contributed by atoms with van der Waals surface area (Å²) < 4.78 is 37.0. The smallest absolute Gasteiger partial charge is 0.418 e. The van der Waals surface area contributed by atoms with E-state index < -0.39 is 28.3 Å². The molecule has 0 fully saturated rings. The maximum absolute atomic E-state index is 12.4. The molecule has 0 saturated carbocycles. The van der Waals surface area contributed by atoms with Crippen molar-refractivity contribution in [1.29, 1.82) is 0 Å². The fraction of sp³-hybridized carbons (Fsp3) is 0.125. The summed E-state index contributed by atoms with van der Waals surface area (Å²) in [6.07, 6.45) is -4.69. The Labute approximate surface area is 95.8 Å². The van der Waals surface area contributed by atoms with E-state index in [0.29, 0.717) is 0 Å². The second-order valence-electron chi connectivity index (χ2n) is 2.59. The summed E-state index contributed by atoms with van der Waals surface area (Å²) >= 11 is 8.03. The quantitative estimate of drug-likeness (QED) is 0.856. The van der Waals surface area contributed by atoms with Gasteiger partial charge in [-0.1, -0.05) is 27.5 Å². The molecule has 0 heterocycles. The van der Waals surface area contributed by atoms with Crippen molar-refractivity contribution < 1.29 is 23.1 Å². The lowest BCUT2D eigenvalue weighted by Gasteiger charge is -2.12. The molecule has 1 rings (SSSR count). The minimum Gasteiger partial charge on any atom is -0.478 e. The maximum atomic E-state index is 12.4. The monoisotopic (exact) mass is 302 g/mol. The molecule has 1 aromatic rings. The summed E-state index contributed by atoms with van der Waals surface area (Å²) in [7, 11) is 0. The van der Waals surface area contributed by atoms with Gasteiger partial charge in [-0.15, -0.1) is 0 Å². The first-order valence-corrected chi connectivity index (χ1v) is 4.70. The van der Waals surface area contributed by atoms with Crippen molar-refractivity contribution in [1.82, 2.24) is 0 Å². The number of carboxylic acids is 1. The Bertz CT molecular complexity index is 417. The van der Waals surface area contributed by atoms with Crippen LogP contribution in [0.5, 0.6) is 0 Å². The average molecular weight is 303 g/mol. The fourth-order valence-electron chi connectivity index (χ4n) is 0.978. The zero-order chi connectivity index (χ0) is 11.8. The van der Waals surface area contributed by atoms with Gasteiger partial charge in [0.2, 0.25) is 0 Å². The van der Waals surface area contributed by atoms with Crippen molar-refractivity contribution in [2.24, 2.45) is 0 Å². The Kier molecular flexibility index (Phi) is 3.30. The zero-order valence-electron chi connectivity index (χ0n) is 6.90. The van der Waals surface area contributed by atoms with E-state index in [1.807, 2.05) is 0 Å². The number of alkyl halides is 3. The van der Waals surface area contributed by atoms with Crippen molar-refractivity contribution in [3.05, 3.63) is 32.8 Å². The highest BCUT2D eigenvalue weighted by molar-refractivity contribution is 9.10. The number of hydrogen-bond donors (Lipinski definition) is 1. The van der Waals surface area contributed by atoms with Crippen molar-refractivity contribution in [2.45, 2.75) is 6.18 Å². The van der Waals surface area contributed by atoms with Crippen molar-refractivity contribution >= 4 is 33.5 Å². The molecule has 0 aliphatic carbocycles. The highest BCUT2D eigenvalue weighted by Gasteiger charge is 2.37. The number of halogens is 5. The second kappa shape index (κ2) is 4.02. The minimum absolute atomic E-state index is 0.287. The van der Waals surface area contributed by atoms with Crippen LogP contribution >= 0.6 is 27.5 Å². The molecule has 82 valence electrons. The third kappa shape index (κ3) is 2.43. The van der Waals surface area contributed by atoms with E-state index in [4.69, 9.17) is 16.7 Å². The molecule has 1 N–H and O–H groups in total. The molecule has 0 aliphatic heterocycles. The topological polar surface area (TPSA) is 37.3 Å². The minimum atomic E-state index is -4.69. The van der Waals surface area contributed by atoms with Gasteiger partial charge in [0.05, 0.1) is 16.1 Å². The molecule has 0 aromatic heterocycles. The third-order valence-electron chi connectivity index (χ3n) is 1.60. The van der Waals surface area contributed by atoms with E-state index in [1.165, 1.54) is 0 Å². The van der Waals surface area contributed by atoms with E-state index in [1.54, 1.807) is 0 Å². The van der Waals surface area contributed by atoms with Gasteiger partial charge >= 0.3 is 12.1 Å². The molecule has 0 saturated heterocycles. The molecule has 0 aliphatic rings. The van der Waals surface area contributed by atoms with Gasteiger partial charge in [0.15, 0.2) is 0 Å². The molecule has 0 radical (unpaired) electrons. The summed E-state index contributed by atoms with van der Waals surface area (Å²) in [6, 6.07) is 2.00. The summed E-state index contributed by atoms with van der Waals surface area (Å²) in [4.78, 5) is 10.5. The lowest BCUT2D eigenvalue weighted by atomic mass is 10.1.